The molecule has 2 aromatic heterocycles. The number of fused-ring (bicyclic) bond motifs is 1. The van der Waals surface area contributed by atoms with Crippen LogP contribution in [0.25, 0.3) is 16.9 Å². The van der Waals surface area contributed by atoms with Gasteiger partial charge < -0.3 is 15.7 Å². The molecule has 0 spiro atoms. The molecule has 2 aromatic carbocycles. The molecule has 0 radical (unpaired) electrons. The second-order valence-corrected chi connectivity index (χ2v) is 6.84. The Morgan fingerprint density at radius 1 is 1.17 bits per heavy atom. The van der Waals surface area contributed by atoms with Crippen molar-refractivity contribution in [1.82, 2.24) is 24.8 Å². The molecule has 1 atom stereocenters. The molecule has 152 valence electrons. The van der Waals surface area contributed by atoms with Gasteiger partial charge in [0, 0.05) is 18.2 Å². The Morgan fingerprint density at radius 3 is 2.80 bits per heavy atom. The van der Waals surface area contributed by atoms with Gasteiger partial charge in [-0.25, -0.2) is 9.97 Å². The van der Waals surface area contributed by atoms with E-state index in [1.807, 2.05) is 18.2 Å². The predicted octanol–water partition coefficient (Wildman–Crippen LogP) is 2.71. The highest BCUT2D eigenvalue weighted by Crippen LogP contribution is 2.21. The van der Waals surface area contributed by atoms with E-state index >= 15 is 0 Å². The minimum atomic E-state index is -0.253. The lowest BCUT2D eigenvalue weighted by molar-refractivity contribution is 0.0945. The summed E-state index contributed by atoms with van der Waals surface area (Å²) in [5.74, 6) is 0.982. The number of carbonyl (C=O) groups excluding carboxylic acids is 1. The normalized spacial score (nSPS) is 11.9. The summed E-state index contributed by atoms with van der Waals surface area (Å²) in [5, 5.41) is 14.9. The third-order valence-corrected chi connectivity index (χ3v) is 4.74. The first-order valence-electron chi connectivity index (χ1n) is 9.66. The van der Waals surface area contributed by atoms with E-state index < -0.39 is 0 Å². The van der Waals surface area contributed by atoms with Crippen LogP contribution < -0.4 is 10.6 Å². The fourth-order valence-electron chi connectivity index (χ4n) is 3.19. The van der Waals surface area contributed by atoms with E-state index in [0.29, 0.717) is 17.2 Å². The van der Waals surface area contributed by atoms with Crippen LogP contribution in [0.1, 0.15) is 28.9 Å². The number of aromatic nitrogens is 4. The number of aliphatic hydroxyl groups is 1. The molecule has 1 unspecified atom stereocenters. The summed E-state index contributed by atoms with van der Waals surface area (Å²) in [6, 6.07) is 15.4. The maximum atomic E-state index is 12.2. The highest BCUT2D eigenvalue weighted by molar-refractivity contribution is 5.97. The van der Waals surface area contributed by atoms with Crippen LogP contribution in [-0.4, -0.2) is 43.7 Å². The van der Waals surface area contributed by atoms with E-state index in [1.54, 1.807) is 41.5 Å². The second-order valence-electron chi connectivity index (χ2n) is 6.84. The van der Waals surface area contributed by atoms with Gasteiger partial charge in [0.15, 0.2) is 5.82 Å². The Balaban J connectivity index is 1.62. The minimum absolute atomic E-state index is 0.0668. The molecular weight excluding hydrogens is 380 g/mol. The molecule has 0 saturated heterocycles. The average Bonchev–Trinajstić information content (AvgIpc) is 3.21. The summed E-state index contributed by atoms with van der Waals surface area (Å²) < 4.78 is 1.80. The SMILES string of the molecule is CC(Nc1cncc(-n2cnc3ccc(C(=O)NCCO)cc32)n1)c1ccccc1. The van der Waals surface area contributed by atoms with Crippen LogP contribution in [0, 0.1) is 0 Å². The number of rotatable bonds is 7. The maximum Gasteiger partial charge on any atom is 0.251 e. The molecular formula is C22H22N6O2. The standard InChI is InChI=1S/C22H22N6O2/c1-15(16-5-3-2-4-6-16)26-20-12-23-13-21(27-20)28-14-25-18-8-7-17(11-19(18)28)22(30)24-9-10-29/h2-8,11-15,29H,9-10H2,1H3,(H,24,30)(H,26,27). The summed E-state index contributed by atoms with van der Waals surface area (Å²) in [4.78, 5) is 25.6. The van der Waals surface area contributed by atoms with E-state index in [1.165, 1.54) is 0 Å². The molecule has 0 aliphatic carbocycles. The molecule has 30 heavy (non-hydrogen) atoms. The number of carbonyl (C=O) groups is 1. The van der Waals surface area contributed by atoms with Gasteiger partial charge >= 0.3 is 0 Å². The minimum Gasteiger partial charge on any atom is -0.395 e. The van der Waals surface area contributed by atoms with Crippen molar-refractivity contribution in [2.45, 2.75) is 13.0 Å². The van der Waals surface area contributed by atoms with Crippen molar-refractivity contribution in [2.75, 3.05) is 18.5 Å². The highest BCUT2D eigenvalue weighted by Gasteiger charge is 2.12. The second kappa shape index (κ2) is 8.71. The van der Waals surface area contributed by atoms with Gasteiger partial charge in [-0.05, 0) is 30.7 Å². The number of aliphatic hydroxyl groups excluding tert-OH is 1. The van der Waals surface area contributed by atoms with E-state index in [2.05, 4.69) is 44.6 Å². The Morgan fingerprint density at radius 2 is 2.00 bits per heavy atom. The zero-order valence-corrected chi connectivity index (χ0v) is 16.5. The van der Waals surface area contributed by atoms with Crippen molar-refractivity contribution < 1.29 is 9.90 Å². The number of hydrogen-bond acceptors (Lipinski definition) is 6. The van der Waals surface area contributed by atoms with Gasteiger partial charge in [-0.1, -0.05) is 30.3 Å². The van der Waals surface area contributed by atoms with Crippen molar-refractivity contribution in [3.8, 4) is 5.82 Å². The average molecular weight is 402 g/mol. The molecule has 0 aliphatic heterocycles. The van der Waals surface area contributed by atoms with Crippen LogP contribution in [0.15, 0.2) is 67.3 Å². The summed E-state index contributed by atoms with van der Waals surface area (Å²) >= 11 is 0. The van der Waals surface area contributed by atoms with E-state index in [-0.39, 0.29) is 25.1 Å². The summed E-state index contributed by atoms with van der Waals surface area (Å²) in [6.45, 7) is 2.16. The summed E-state index contributed by atoms with van der Waals surface area (Å²) in [6.07, 6.45) is 4.99. The topological polar surface area (TPSA) is 105 Å². The van der Waals surface area contributed by atoms with E-state index in [0.717, 1.165) is 16.6 Å². The van der Waals surface area contributed by atoms with Crippen LogP contribution in [-0.2, 0) is 0 Å². The van der Waals surface area contributed by atoms with Gasteiger partial charge in [-0.2, -0.15) is 0 Å². The van der Waals surface area contributed by atoms with Crippen molar-refractivity contribution >= 4 is 22.8 Å². The number of hydrogen-bond donors (Lipinski definition) is 3. The van der Waals surface area contributed by atoms with Crippen molar-refractivity contribution in [1.29, 1.82) is 0 Å². The number of amides is 1. The largest absolute Gasteiger partial charge is 0.395 e. The highest BCUT2D eigenvalue weighted by atomic mass is 16.3. The molecule has 1 amide bonds. The van der Waals surface area contributed by atoms with Gasteiger partial charge in [0.25, 0.3) is 5.91 Å². The van der Waals surface area contributed by atoms with Crippen LogP contribution >= 0.6 is 0 Å². The zero-order valence-electron chi connectivity index (χ0n) is 16.5. The fraction of sp³-hybridized carbons (Fsp3) is 0.182. The maximum absolute atomic E-state index is 12.2. The lowest BCUT2D eigenvalue weighted by Crippen LogP contribution is -2.26. The number of nitrogens with one attached hydrogen (secondary N) is 2. The molecule has 4 rings (SSSR count). The monoisotopic (exact) mass is 402 g/mol. The molecule has 0 aliphatic rings. The van der Waals surface area contributed by atoms with Crippen molar-refractivity contribution in [3.05, 3.63) is 78.4 Å². The lowest BCUT2D eigenvalue weighted by atomic mass is 10.1. The lowest BCUT2D eigenvalue weighted by Gasteiger charge is -2.15. The third-order valence-electron chi connectivity index (χ3n) is 4.74. The Labute approximate surface area is 173 Å². The summed E-state index contributed by atoms with van der Waals surface area (Å²) in [5.41, 5.74) is 3.12. The van der Waals surface area contributed by atoms with E-state index in [4.69, 9.17) is 5.11 Å². The van der Waals surface area contributed by atoms with Crippen LogP contribution in [0.2, 0.25) is 0 Å². The van der Waals surface area contributed by atoms with Gasteiger partial charge in [-0.15, -0.1) is 0 Å². The smallest absolute Gasteiger partial charge is 0.251 e. The molecule has 8 nitrogen and oxygen atoms in total. The first kappa shape index (κ1) is 19.5. The molecule has 0 saturated carbocycles. The Hall–Kier alpha value is -3.78. The first-order chi connectivity index (χ1) is 14.7. The van der Waals surface area contributed by atoms with Crippen LogP contribution in [0.3, 0.4) is 0 Å². The Bertz CT molecular complexity index is 1160. The number of benzene rings is 2. The quantitative estimate of drug-likeness (QED) is 0.439. The van der Waals surface area contributed by atoms with Gasteiger partial charge in [0.1, 0.15) is 12.1 Å². The molecule has 2 heterocycles. The zero-order chi connectivity index (χ0) is 20.9. The van der Waals surface area contributed by atoms with Crippen LogP contribution in [0.5, 0.6) is 0 Å². The molecule has 3 N–H and O–H groups in total. The van der Waals surface area contributed by atoms with Crippen molar-refractivity contribution in [3.63, 3.8) is 0 Å². The number of imidazole rings is 1. The fourth-order valence-corrected chi connectivity index (χ4v) is 3.19. The van der Waals surface area contributed by atoms with Gasteiger partial charge in [-0.3, -0.25) is 14.3 Å². The molecule has 0 fully saturated rings. The molecule has 4 aromatic rings. The van der Waals surface area contributed by atoms with Crippen molar-refractivity contribution in [2.24, 2.45) is 0 Å². The van der Waals surface area contributed by atoms with Gasteiger partial charge in [0.2, 0.25) is 0 Å². The van der Waals surface area contributed by atoms with Crippen LogP contribution in [0.4, 0.5) is 5.82 Å². The summed E-state index contributed by atoms with van der Waals surface area (Å²) in [7, 11) is 0. The molecule has 0 bridgehead atoms. The number of nitrogens with zero attached hydrogens (tertiary/aromatic N) is 4. The first-order valence-corrected chi connectivity index (χ1v) is 9.66. The predicted molar refractivity (Wildman–Crippen MR) is 115 cm³/mol. The Kier molecular flexibility index (Phi) is 5.67. The number of anilines is 1. The van der Waals surface area contributed by atoms with E-state index in [9.17, 15) is 4.79 Å². The van der Waals surface area contributed by atoms with Gasteiger partial charge in [0.05, 0.1) is 30.0 Å². The third kappa shape index (κ3) is 4.13. The molecule has 8 heteroatoms.